The van der Waals surface area contributed by atoms with Crippen LogP contribution in [-0.2, 0) is 4.79 Å². The number of rotatable bonds is 6. The largest absolute Gasteiger partial charge is 0.427 e. The maximum Gasteiger partial charge on any atom is 0.308 e. The van der Waals surface area contributed by atoms with Crippen molar-refractivity contribution in [2.24, 2.45) is 0 Å². The average Bonchev–Trinajstić information content (AvgIpc) is 2.96. The first-order chi connectivity index (χ1) is 11.0. The van der Waals surface area contributed by atoms with E-state index in [0.717, 1.165) is 17.8 Å². The van der Waals surface area contributed by atoms with E-state index in [-0.39, 0.29) is 5.91 Å². The molecule has 7 heteroatoms. The number of anilines is 1. The molecule has 1 atom stereocenters. The Balaban J connectivity index is 2.00. The number of benzene rings is 1. The molecule has 0 fully saturated rings. The molecule has 1 amide bonds. The SMILES string of the molecule is CCCC(C)c1nnc(NC(=O)c2ccc(OC(C)=O)cc2)s1. The van der Waals surface area contributed by atoms with Gasteiger partial charge in [0.25, 0.3) is 5.91 Å². The Morgan fingerprint density at radius 1 is 1.26 bits per heavy atom. The van der Waals surface area contributed by atoms with E-state index in [1.165, 1.54) is 18.3 Å². The fourth-order valence-corrected chi connectivity index (χ4v) is 2.87. The molecule has 0 bridgehead atoms. The summed E-state index contributed by atoms with van der Waals surface area (Å²) >= 11 is 1.39. The van der Waals surface area contributed by atoms with Crippen LogP contribution in [-0.4, -0.2) is 22.1 Å². The lowest BCUT2D eigenvalue weighted by Gasteiger charge is -2.04. The molecule has 0 aliphatic rings. The Bertz CT molecular complexity index is 682. The summed E-state index contributed by atoms with van der Waals surface area (Å²) in [5, 5.41) is 12.3. The number of esters is 1. The van der Waals surface area contributed by atoms with E-state index in [1.807, 2.05) is 0 Å². The van der Waals surface area contributed by atoms with Gasteiger partial charge in [0, 0.05) is 18.4 Å². The monoisotopic (exact) mass is 333 g/mol. The lowest BCUT2D eigenvalue weighted by Crippen LogP contribution is -2.11. The lowest BCUT2D eigenvalue weighted by molar-refractivity contribution is -0.131. The zero-order valence-electron chi connectivity index (χ0n) is 13.3. The Kier molecular flexibility index (Phi) is 5.81. The van der Waals surface area contributed by atoms with Crippen LogP contribution in [0.3, 0.4) is 0 Å². The van der Waals surface area contributed by atoms with E-state index in [2.05, 4.69) is 29.4 Å². The first-order valence-electron chi connectivity index (χ1n) is 7.42. The molecule has 6 nitrogen and oxygen atoms in total. The van der Waals surface area contributed by atoms with Gasteiger partial charge in [-0.05, 0) is 30.7 Å². The van der Waals surface area contributed by atoms with Gasteiger partial charge in [-0.25, -0.2) is 0 Å². The predicted molar refractivity (Wildman–Crippen MR) is 88.9 cm³/mol. The van der Waals surface area contributed by atoms with Crippen molar-refractivity contribution in [2.75, 3.05) is 5.32 Å². The highest BCUT2D eigenvalue weighted by molar-refractivity contribution is 7.15. The van der Waals surface area contributed by atoms with E-state index in [9.17, 15) is 9.59 Å². The van der Waals surface area contributed by atoms with Crippen LogP contribution >= 0.6 is 11.3 Å². The van der Waals surface area contributed by atoms with Gasteiger partial charge in [-0.2, -0.15) is 0 Å². The molecule has 0 radical (unpaired) electrons. The number of carbonyl (C=O) groups is 2. The minimum absolute atomic E-state index is 0.273. The highest BCUT2D eigenvalue weighted by Crippen LogP contribution is 2.26. The molecule has 0 spiro atoms. The highest BCUT2D eigenvalue weighted by Gasteiger charge is 2.14. The summed E-state index contributed by atoms with van der Waals surface area (Å²) in [7, 11) is 0. The fraction of sp³-hybridized carbons (Fsp3) is 0.375. The maximum atomic E-state index is 12.2. The second-order valence-electron chi connectivity index (χ2n) is 5.21. The number of nitrogens with one attached hydrogen (secondary N) is 1. The second kappa shape index (κ2) is 7.82. The first kappa shape index (κ1) is 17.1. The number of ether oxygens (including phenoxy) is 1. The van der Waals surface area contributed by atoms with Crippen LogP contribution < -0.4 is 10.1 Å². The molecule has 1 heterocycles. The molecule has 1 aromatic carbocycles. The van der Waals surface area contributed by atoms with Crippen LogP contribution in [0.25, 0.3) is 0 Å². The van der Waals surface area contributed by atoms with E-state index < -0.39 is 5.97 Å². The second-order valence-corrected chi connectivity index (χ2v) is 6.22. The standard InChI is InChI=1S/C16H19N3O3S/c1-4-5-10(2)15-18-19-16(23-15)17-14(21)12-6-8-13(9-7-12)22-11(3)20/h6-10H,4-5H2,1-3H3,(H,17,19,21). The number of amides is 1. The summed E-state index contributed by atoms with van der Waals surface area (Å²) < 4.78 is 4.93. The quantitative estimate of drug-likeness (QED) is 0.645. The van der Waals surface area contributed by atoms with Crippen LogP contribution in [0.15, 0.2) is 24.3 Å². The van der Waals surface area contributed by atoms with Crippen molar-refractivity contribution < 1.29 is 14.3 Å². The first-order valence-corrected chi connectivity index (χ1v) is 8.24. The third-order valence-corrected chi connectivity index (χ3v) is 4.25. The molecule has 2 rings (SSSR count). The molecular weight excluding hydrogens is 314 g/mol. The normalized spacial score (nSPS) is 11.8. The van der Waals surface area contributed by atoms with Gasteiger partial charge in [0.1, 0.15) is 10.8 Å². The van der Waals surface area contributed by atoms with Crippen molar-refractivity contribution in [1.82, 2.24) is 10.2 Å². The van der Waals surface area contributed by atoms with Gasteiger partial charge in [-0.3, -0.25) is 14.9 Å². The van der Waals surface area contributed by atoms with Gasteiger partial charge in [-0.1, -0.05) is 31.6 Å². The summed E-state index contributed by atoms with van der Waals surface area (Å²) in [5.41, 5.74) is 0.458. The van der Waals surface area contributed by atoms with Gasteiger partial charge in [-0.15, -0.1) is 10.2 Å². The number of aromatic nitrogens is 2. The summed E-state index contributed by atoms with van der Waals surface area (Å²) in [6.45, 7) is 5.55. The molecule has 0 aliphatic carbocycles. The van der Waals surface area contributed by atoms with Crippen LogP contribution in [0.4, 0.5) is 5.13 Å². The van der Waals surface area contributed by atoms with Gasteiger partial charge in [0.15, 0.2) is 0 Å². The number of hydrogen-bond donors (Lipinski definition) is 1. The fourth-order valence-electron chi connectivity index (χ4n) is 2.05. The summed E-state index contributed by atoms with van der Waals surface area (Å²) in [6.07, 6.45) is 2.12. The van der Waals surface area contributed by atoms with Crippen LogP contribution in [0.1, 0.15) is 54.9 Å². The number of hydrogen-bond acceptors (Lipinski definition) is 6. The Labute approximate surface area is 138 Å². The summed E-state index contributed by atoms with van der Waals surface area (Å²) in [6, 6.07) is 6.33. The van der Waals surface area contributed by atoms with Gasteiger partial charge in [0.05, 0.1) is 0 Å². The third kappa shape index (κ3) is 4.85. The minimum atomic E-state index is -0.398. The smallest absolute Gasteiger partial charge is 0.308 e. The Morgan fingerprint density at radius 2 is 1.96 bits per heavy atom. The third-order valence-electron chi connectivity index (χ3n) is 3.18. The Morgan fingerprint density at radius 3 is 2.57 bits per heavy atom. The Hall–Kier alpha value is -2.28. The highest BCUT2D eigenvalue weighted by atomic mass is 32.1. The van der Waals surface area contributed by atoms with E-state index in [1.54, 1.807) is 24.3 Å². The summed E-state index contributed by atoms with van der Waals surface area (Å²) in [4.78, 5) is 23.0. The van der Waals surface area contributed by atoms with Crippen molar-refractivity contribution in [1.29, 1.82) is 0 Å². The molecule has 1 aromatic heterocycles. The molecular formula is C16H19N3O3S. The topological polar surface area (TPSA) is 81.2 Å². The number of carbonyl (C=O) groups excluding carboxylic acids is 2. The van der Waals surface area contributed by atoms with E-state index in [0.29, 0.717) is 22.4 Å². The molecule has 2 aromatic rings. The molecule has 0 saturated heterocycles. The van der Waals surface area contributed by atoms with Crippen molar-refractivity contribution in [3.63, 3.8) is 0 Å². The van der Waals surface area contributed by atoms with Crippen molar-refractivity contribution >= 4 is 28.3 Å². The van der Waals surface area contributed by atoms with Gasteiger partial charge < -0.3 is 4.74 Å². The van der Waals surface area contributed by atoms with E-state index in [4.69, 9.17) is 4.74 Å². The minimum Gasteiger partial charge on any atom is -0.427 e. The van der Waals surface area contributed by atoms with Gasteiger partial charge >= 0.3 is 5.97 Å². The van der Waals surface area contributed by atoms with E-state index >= 15 is 0 Å². The van der Waals surface area contributed by atoms with Crippen LogP contribution in [0.5, 0.6) is 5.75 Å². The van der Waals surface area contributed by atoms with Crippen LogP contribution in [0.2, 0.25) is 0 Å². The molecule has 0 saturated carbocycles. The van der Waals surface area contributed by atoms with Crippen LogP contribution in [0, 0.1) is 0 Å². The lowest BCUT2D eigenvalue weighted by atomic mass is 10.1. The molecule has 1 N–H and O–H groups in total. The van der Waals surface area contributed by atoms with Crippen molar-refractivity contribution in [3.05, 3.63) is 34.8 Å². The van der Waals surface area contributed by atoms with Gasteiger partial charge in [0.2, 0.25) is 5.13 Å². The maximum absolute atomic E-state index is 12.2. The molecule has 1 unspecified atom stereocenters. The molecule has 122 valence electrons. The summed E-state index contributed by atoms with van der Waals surface area (Å²) in [5.74, 6) is 0.0711. The average molecular weight is 333 g/mol. The zero-order chi connectivity index (χ0) is 16.8. The zero-order valence-corrected chi connectivity index (χ0v) is 14.1. The van der Waals surface area contributed by atoms with Crippen molar-refractivity contribution in [2.45, 2.75) is 39.5 Å². The number of nitrogens with zero attached hydrogens (tertiary/aromatic N) is 2. The predicted octanol–water partition coefficient (Wildman–Crippen LogP) is 3.62. The van der Waals surface area contributed by atoms with Crippen molar-refractivity contribution in [3.8, 4) is 5.75 Å². The molecule has 0 aliphatic heterocycles. The molecule has 23 heavy (non-hydrogen) atoms.